The topological polar surface area (TPSA) is 71.6 Å². The molecule has 1 N–H and O–H groups in total. The molecule has 0 unspecified atom stereocenters. The van der Waals surface area contributed by atoms with Crippen LogP contribution in [0.15, 0.2) is 53.1 Å². The number of hydrogen-bond donors (Lipinski definition) is 1. The Balaban J connectivity index is 1.34. The minimum atomic E-state index is -4.63. The number of nitrogens with zero attached hydrogens (tertiary/aromatic N) is 3. The van der Waals surface area contributed by atoms with Gasteiger partial charge in [0.15, 0.2) is 12.2 Å². The van der Waals surface area contributed by atoms with Crippen molar-refractivity contribution in [1.82, 2.24) is 15.0 Å². The molecule has 5 rings (SSSR count). The van der Waals surface area contributed by atoms with Gasteiger partial charge in [0, 0.05) is 18.4 Å². The molecule has 2 aliphatic carbocycles. The number of alkyl halides is 3. The van der Waals surface area contributed by atoms with Gasteiger partial charge in [-0.05, 0) is 86.4 Å². The summed E-state index contributed by atoms with van der Waals surface area (Å²) in [6.07, 6.45) is -2.39. The minimum Gasteiger partial charge on any atom is -0.485 e. The lowest BCUT2D eigenvalue weighted by atomic mass is 9.52. The minimum absolute atomic E-state index is 0.171. The van der Waals surface area contributed by atoms with E-state index in [4.69, 9.17) is 9.26 Å². The van der Waals surface area contributed by atoms with E-state index in [0.717, 1.165) is 36.3 Å². The van der Waals surface area contributed by atoms with E-state index in [1.165, 1.54) is 0 Å². The maximum Gasteiger partial charge on any atom is 0.417 e. The van der Waals surface area contributed by atoms with E-state index < -0.39 is 17.2 Å². The number of benzene rings is 2. The van der Waals surface area contributed by atoms with Crippen LogP contribution in [0.4, 0.5) is 13.2 Å². The molecule has 0 amide bonds. The smallest absolute Gasteiger partial charge is 0.417 e. The van der Waals surface area contributed by atoms with Crippen molar-refractivity contribution in [2.75, 3.05) is 19.6 Å². The highest BCUT2D eigenvalue weighted by Crippen LogP contribution is 2.57. The lowest BCUT2D eigenvalue weighted by Crippen LogP contribution is -2.56. The van der Waals surface area contributed by atoms with E-state index in [-0.39, 0.29) is 31.8 Å². The maximum absolute atomic E-state index is 13.8. The fraction of sp³-hybridized carbons (Fsp3) is 0.548. The van der Waals surface area contributed by atoms with Crippen molar-refractivity contribution in [2.45, 2.75) is 82.6 Å². The van der Waals surface area contributed by atoms with Crippen LogP contribution in [-0.2, 0) is 31.3 Å². The van der Waals surface area contributed by atoms with Gasteiger partial charge in [0.1, 0.15) is 5.75 Å². The summed E-state index contributed by atoms with van der Waals surface area (Å²) in [4.78, 5) is 6.74. The summed E-state index contributed by atoms with van der Waals surface area (Å²) in [5, 5.41) is 14.7. The maximum atomic E-state index is 13.8. The van der Waals surface area contributed by atoms with Crippen LogP contribution in [0, 0.1) is 5.92 Å². The van der Waals surface area contributed by atoms with Crippen LogP contribution in [0.3, 0.4) is 0 Å². The third-order valence-electron chi connectivity index (χ3n) is 9.03. The van der Waals surface area contributed by atoms with Crippen LogP contribution < -0.4 is 4.74 Å². The molecule has 216 valence electrons. The summed E-state index contributed by atoms with van der Waals surface area (Å²) in [5.74, 6) is 1.46. The predicted molar refractivity (Wildman–Crippen MR) is 145 cm³/mol. The molecule has 1 fully saturated rings. The molecule has 3 atom stereocenters. The second-order valence-corrected chi connectivity index (χ2v) is 11.3. The number of aromatic nitrogens is 2. The highest BCUT2D eigenvalue weighted by Gasteiger charge is 2.61. The second kappa shape index (κ2) is 11.5. The molecule has 40 heavy (non-hydrogen) atoms. The molecular weight excluding hydrogens is 519 g/mol. The molecule has 6 nitrogen and oxygen atoms in total. The van der Waals surface area contributed by atoms with Gasteiger partial charge >= 0.3 is 6.18 Å². The van der Waals surface area contributed by atoms with Gasteiger partial charge in [-0.25, -0.2) is 0 Å². The number of hydrogen-bond acceptors (Lipinski definition) is 6. The van der Waals surface area contributed by atoms with Crippen LogP contribution in [0.1, 0.15) is 67.9 Å². The van der Waals surface area contributed by atoms with Crippen molar-refractivity contribution in [3.63, 3.8) is 0 Å². The molecule has 1 heterocycles. The average Bonchev–Trinajstić information content (AvgIpc) is 3.40. The quantitative estimate of drug-likeness (QED) is 0.327. The third kappa shape index (κ3) is 5.77. The number of ether oxygens (including phenoxy) is 1. The molecule has 3 aromatic rings. The number of likely N-dealkylation sites (N-methyl/N-ethyl adjacent to an activating group) is 1. The first kappa shape index (κ1) is 28.6. The van der Waals surface area contributed by atoms with Gasteiger partial charge in [-0.1, -0.05) is 55.4 Å². The second-order valence-electron chi connectivity index (χ2n) is 11.3. The molecule has 1 saturated carbocycles. The molecule has 2 aliphatic rings. The largest absolute Gasteiger partial charge is 0.485 e. The molecular formula is C31H38F3N3O3. The number of fused-ring (bicyclic) bond motifs is 3. The van der Waals surface area contributed by atoms with E-state index in [2.05, 4.69) is 28.9 Å². The lowest BCUT2D eigenvalue weighted by molar-refractivity contribution is -0.279. The number of aliphatic hydroxyl groups is 1. The summed E-state index contributed by atoms with van der Waals surface area (Å²) in [5.41, 5.74) is 0.149. The summed E-state index contributed by atoms with van der Waals surface area (Å²) in [7, 11) is 0. The normalized spacial score (nSPS) is 24.5. The van der Waals surface area contributed by atoms with Crippen LogP contribution in [-0.4, -0.2) is 51.6 Å². The third-order valence-corrected chi connectivity index (χ3v) is 9.03. The summed E-state index contributed by atoms with van der Waals surface area (Å²) in [6, 6.07) is 15.8. The molecule has 0 saturated heterocycles. The number of aryl methyl sites for hydroxylation is 1. The van der Waals surface area contributed by atoms with Crippen molar-refractivity contribution >= 4 is 0 Å². The fourth-order valence-corrected chi connectivity index (χ4v) is 6.69. The summed E-state index contributed by atoms with van der Waals surface area (Å²) >= 11 is 0. The van der Waals surface area contributed by atoms with Crippen molar-refractivity contribution in [1.29, 1.82) is 0 Å². The van der Waals surface area contributed by atoms with Gasteiger partial charge in [-0.3, -0.25) is 0 Å². The highest BCUT2D eigenvalue weighted by atomic mass is 19.4. The Labute approximate surface area is 233 Å². The van der Waals surface area contributed by atoms with Crippen molar-refractivity contribution in [3.05, 3.63) is 76.9 Å². The summed E-state index contributed by atoms with van der Waals surface area (Å²) in [6.45, 7) is 7.20. The van der Waals surface area contributed by atoms with Crippen molar-refractivity contribution in [3.8, 4) is 5.75 Å². The first-order valence-electron chi connectivity index (χ1n) is 14.3. The highest BCUT2D eigenvalue weighted by molar-refractivity contribution is 5.45. The van der Waals surface area contributed by atoms with Crippen LogP contribution >= 0.6 is 0 Å². The van der Waals surface area contributed by atoms with Crippen LogP contribution in [0.2, 0.25) is 0 Å². The van der Waals surface area contributed by atoms with Gasteiger partial charge in [-0.15, -0.1) is 0 Å². The molecule has 0 spiro atoms. The Kier molecular flexibility index (Phi) is 8.25. The zero-order chi connectivity index (χ0) is 28.4. The zero-order valence-electron chi connectivity index (χ0n) is 23.2. The van der Waals surface area contributed by atoms with E-state index >= 15 is 0 Å². The average molecular weight is 558 g/mol. The van der Waals surface area contributed by atoms with Crippen LogP contribution in [0.5, 0.6) is 5.75 Å². The Morgan fingerprint density at radius 3 is 2.60 bits per heavy atom. The lowest BCUT2D eigenvalue weighted by Gasteiger charge is -2.53. The van der Waals surface area contributed by atoms with E-state index in [1.807, 2.05) is 48.5 Å². The Morgan fingerprint density at radius 1 is 1.10 bits per heavy atom. The first-order valence-corrected chi connectivity index (χ1v) is 14.3. The van der Waals surface area contributed by atoms with Crippen LogP contribution in [0.25, 0.3) is 0 Å². The Morgan fingerprint density at radius 2 is 1.88 bits per heavy atom. The number of halogens is 3. The van der Waals surface area contributed by atoms with Gasteiger partial charge < -0.3 is 19.3 Å². The van der Waals surface area contributed by atoms with Gasteiger partial charge in [0.25, 0.3) is 0 Å². The molecule has 0 radical (unpaired) electrons. The Hall–Kier alpha value is -2.91. The summed E-state index contributed by atoms with van der Waals surface area (Å²) < 4.78 is 52.9. The zero-order valence-corrected chi connectivity index (χ0v) is 23.2. The predicted octanol–water partition coefficient (Wildman–Crippen LogP) is 6.05. The van der Waals surface area contributed by atoms with E-state index in [0.29, 0.717) is 43.1 Å². The molecule has 9 heteroatoms. The Bertz CT molecular complexity index is 1280. The van der Waals surface area contributed by atoms with E-state index in [9.17, 15) is 18.3 Å². The SMILES string of the molecule is CCN(CC)CCc1nc(COc2ccc3c(c2)CC[C@@H]2C[C@@](O)(C(F)(F)F)CC[C@@]32Cc2ccccc2)no1. The fourth-order valence-electron chi connectivity index (χ4n) is 6.69. The molecule has 0 aliphatic heterocycles. The number of rotatable bonds is 10. The molecule has 1 aromatic heterocycles. The van der Waals surface area contributed by atoms with Crippen molar-refractivity contribution in [2.24, 2.45) is 5.92 Å². The van der Waals surface area contributed by atoms with Gasteiger partial charge in [-0.2, -0.15) is 18.2 Å². The van der Waals surface area contributed by atoms with Crippen molar-refractivity contribution < 1.29 is 27.5 Å². The van der Waals surface area contributed by atoms with Gasteiger partial charge in [0.05, 0.1) is 0 Å². The standard InChI is InChI=1S/C31H38F3N3O3/c1-3-37(4-2)17-14-28-35-27(36-40-28)21-39-25-12-13-26-23(18-25)10-11-24-20-30(38,31(32,33)34)16-15-29(24,26)19-22-8-6-5-7-9-22/h5-9,12-13,18,24,38H,3-4,10-11,14-17,19-21H2,1-2H3/t24-,29+,30-/m1/s1. The molecule has 2 aromatic carbocycles. The van der Waals surface area contributed by atoms with Gasteiger partial charge in [0.2, 0.25) is 11.7 Å². The monoisotopic (exact) mass is 557 g/mol. The van der Waals surface area contributed by atoms with E-state index in [1.54, 1.807) is 0 Å². The molecule has 0 bridgehead atoms. The first-order chi connectivity index (χ1) is 19.2.